The SMILES string of the molecule is O=C(Cc1ccc(S(=O)(=O)N2CCCCC2)s1)N1CCN([C@H]2CCS(=O)(=O)C2)CC1. The lowest BCUT2D eigenvalue weighted by Gasteiger charge is -2.37. The van der Waals surface area contributed by atoms with E-state index in [1.165, 1.54) is 11.3 Å². The van der Waals surface area contributed by atoms with E-state index in [0.717, 1.165) is 24.1 Å². The third-order valence-electron chi connectivity index (χ3n) is 6.26. The molecule has 3 saturated heterocycles. The Morgan fingerprint density at radius 1 is 1.03 bits per heavy atom. The van der Waals surface area contributed by atoms with E-state index < -0.39 is 19.9 Å². The fourth-order valence-corrected chi connectivity index (χ4v) is 9.26. The second-order valence-electron chi connectivity index (χ2n) is 8.34. The first-order valence-electron chi connectivity index (χ1n) is 10.6. The Morgan fingerprint density at radius 2 is 1.73 bits per heavy atom. The van der Waals surface area contributed by atoms with Crippen molar-refractivity contribution in [3.8, 4) is 0 Å². The molecule has 0 spiro atoms. The van der Waals surface area contributed by atoms with Crippen LogP contribution in [0.25, 0.3) is 0 Å². The molecular formula is C19H29N3O5S3. The van der Waals surface area contributed by atoms with E-state index >= 15 is 0 Å². The summed E-state index contributed by atoms with van der Waals surface area (Å²) in [6, 6.07) is 3.45. The molecule has 4 rings (SSSR count). The molecule has 1 amide bonds. The normalized spacial score (nSPS) is 26.1. The molecule has 3 fully saturated rings. The number of piperidine rings is 1. The lowest BCUT2D eigenvalue weighted by molar-refractivity contribution is -0.132. The molecule has 0 aliphatic carbocycles. The Labute approximate surface area is 182 Å². The molecule has 3 aliphatic rings. The van der Waals surface area contributed by atoms with Gasteiger partial charge in [0.2, 0.25) is 5.91 Å². The largest absolute Gasteiger partial charge is 0.340 e. The number of carbonyl (C=O) groups excluding carboxylic acids is 1. The fraction of sp³-hybridized carbons (Fsp3) is 0.737. The zero-order valence-corrected chi connectivity index (χ0v) is 19.5. The van der Waals surface area contributed by atoms with Crippen molar-refractivity contribution in [2.75, 3.05) is 50.8 Å². The van der Waals surface area contributed by atoms with Gasteiger partial charge in [-0.05, 0) is 31.4 Å². The first kappa shape index (κ1) is 22.2. The summed E-state index contributed by atoms with van der Waals surface area (Å²) in [6.07, 6.45) is 3.75. The van der Waals surface area contributed by atoms with Gasteiger partial charge in [0.15, 0.2) is 9.84 Å². The maximum Gasteiger partial charge on any atom is 0.252 e. The Hall–Kier alpha value is -1.01. The Balaban J connectivity index is 1.31. The van der Waals surface area contributed by atoms with Gasteiger partial charge in [0.1, 0.15) is 4.21 Å². The predicted molar refractivity (Wildman–Crippen MR) is 116 cm³/mol. The standard InChI is InChI=1S/C19H29N3O5S3/c23-18(21-11-9-20(10-12-21)16-6-13-29(24,25)15-16)14-17-4-5-19(28-17)30(26,27)22-7-2-1-3-8-22/h4-5,16H,1-3,6-15H2/t16-/m0/s1. The lowest BCUT2D eigenvalue weighted by atomic mass is 10.2. The van der Waals surface area contributed by atoms with Crippen molar-refractivity contribution in [2.24, 2.45) is 0 Å². The molecule has 0 bridgehead atoms. The zero-order valence-electron chi connectivity index (χ0n) is 17.0. The number of piperazine rings is 1. The number of nitrogens with zero attached hydrogens (tertiary/aromatic N) is 3. The van der Waals surface area contributed by atoms with Gasteiger partial charge in [-0.3, -0.25) is 9.69 Å². The van der Waals surface area contributed by atoms with Crippen LogP contribution in [0, 0.1) is 0 Å². The van der Waals surface area contributed by atoms with Gasteiger partial charge < -0.3 is 4.90 Å². The smallest absolute Gasteiger partial charge is 0.252 e. The summed E-state index contributed by atoms with van der Waals surface area (Å²) in [5.41, 5.74) is 0. The highest BCUT2D eigenvalue weighted by Crippen LogP contribution is 2.28. The van der Waals surface area contributed by atoms with E-state index in [9.17, 15) is 21.6 Å². The zero-order chi connectivity index (χ0) is 21.4. The number of hydrogen-bond acceptors (Lipinski definition) is 7. The van der Waals surface area contributed by atoms with Crippen LogP contribution in [0.4, 0.5) is 0 Å². The van der Waals surface area contributed by atoms with Gasteiger partial charge in [-0.25, -0.2) is 16.8 Å². The number of carbonyl (C=O) groups is 1. The van der Waals surface area contributed by atoms with Gasteiger partial charge in [0.05, 0.1) is 17.9 Å². The molecule has 4 heterocycles. The van der Waals surface area contributed by atoms with Crippen molar-refractivity contribution >= 4 is 37.1 Å². The first-order chi connectivity index (χ1) is 14.2. The molecule has 0 unspecified atom stereocenters. The van der Waals surface area contributed by atoms with Crippen LogP contribution in [0.3, 0.4) is 0 Å². The Morgan fingerprint density at radius 3 is 2.37 bits per heavy atom. The van der Waals surface area contributed by atoms with Crippen LogP contribution in [0.2, 0.25) is 0 Å². The third kappa shape index (κ3) is 4.90. The monoisotopic (exact) mass is 475 g/mol. The van der Waals surface area contributed by atoms with Crippen molar-refractivity contribution in [2.45, 2.75) is 42.4 Å². The van der Waals surface area contributed by atoms with Crippen LogP contribution < -0.4 is 0 Å². The topological polar surface area (TPSA) is 95.1 Å². The van der Waals surface area contributed by atoms with Gasteiger partial charge in [-0.1, -0.05) is 6.42 Å². The second kappa shape index (κ2) is 8.85. The third-order valence-corrected chi connectivity index (χ3v) is 11.5. The van der Waals surface area contributed by atoms with E-state index in [1.807, 2.05) is 0 Å². The van der Waals surface area contributed by atoms with Crippen LogP contribution in [-0.2, 0) is 31.1 Å². The molecule has 1 aromatic heterocycles. The summed E-state index contributed by atoms with van der Waals surface area (Å²) in [4.78, 5) is 17.5. The van der Waals surface area contributed by atoms with Crippen LogP contribution >= 0.6 is 11.3 Å². The average molecular weight is 476 g/mol. The minimum Gasteiger partial charge on any atom is -0.340 e. The summed E-state index contributed by atoms with van der Waals surface area (Å²) in [6.45, 7) is 3.68. The van der Waals surface area contributed by atoms with Gasteiger partial charge in [-0.2, -0.15) is 4.31 Å². The molecule has 0 N–H and O–H groups in total. The summed E-state index contributed by atoms with van der Waals surface area (Å²) >= 11 is 1.19. The van der Waals surface area contributed by atoms with Crippen molar-refractivity contribution in [1.82, 2.24) is 14.1 Å². The number of thiophene rings is 1. The van der Waals surface area contributed by atoms with Gasteiger partial charge in [0.25, 0.3) is 10.0 Å². The molecule has 1 atom stereocenters. The molecule has 1 aromatic rings. The van der Waals surface area contributed by atoms with Crippen LogP contribution in [0.5, 0.6) is 0 Å². The predicted octanol–water partition coefficient (Wildman–Crippen LogP) is 0.797. The summed E-state index contributed by atoms with van der Waals surface area (Å²) < 4.78 is 50.8. The maximum atomic E-state index is 12.8. The van der Waals surface area contributed by atoms with E-state index in [0.29, 0.717) is 49.9 Å². The van der Waals surface area contributed by atoms with Crippen molar-refractivity contribution in [1.29, 1.82) is 0 Å². The quantitative estimate of drug-likeness (QED) is 0.625. The Kier molecular flexibility index (Phi) is 6.55. The number of sulfonamides is 1. The summed E-state index contributed by atoms with van der Waals surface area (Å²) in [5, 5.41) is 0. The first-order valence-corrected chi connectivity index (χ1v) is 14.6. The molecule has 3 aliphatic heterocycles. The van der Waals surface area contributed by atoms with Crippen LogP contribution in [0.15, 0.2) is 16.3 Å². The molecule has 8 nitrogen and oxygen atoms in total. The van der Waals surface area contributed by atoms with Gasteiger partial charge >= 0.3 is 0 Å². The second-order valence-corrected chi connectivity index (χ2v) is 13.9. The average Bonchev–Trinajstić information content (AvgIpc) is 3.35. The highest BCUT2D eigenvalue weighted by Gasteiger charge is 2.34. The van der Waals surface area contributed by atoms with Gasteiger partial charge in [0, 0.05) is 50.2 Å². The molecule has 168 valence electrons. The van der Waals surface area contributed by atoms with Crippen molar-refractivity contribution in [3.05, 3.63) is 17.0 Å². The van der Waals surface area contributed by atoms with Crippen LogP contribution in [0.1, 0.15) is 30.6 Å². The minimum absolute atomic E-state index is 0.00235. The molecule has 0 aromatic carbocycles. The Bertz CT molecular complexity index is 975. The van der Waals surface area contributed by atoms with E-state index in [-0.39, 0.29) is 29.9 Å². The molecule has 30 heavy (non-hydrogen) atoms. The summed E-state index contributed by atoms with van der Waals surface area (Å²) in [7, 11) is -6.36. The lowest BCUT2D eigenvalue weighted by Crippen LogP contribution is -2.52. The summed E-state index contributed by atoms with van der Waals surface area (Å²) in [5.74, 6) is 0.486. The van der Waals surface area contributed by atoms with E-state index in [4.69, 9.17) is 0 Å². The van der Waals surface area contributed by atoms with E-state index in [2.05, 4.69) is 4.90 Å². The highest BCUT2D eigenvalue weighted by molar-refractivity contribution is 7.91. The molecule has 0 saturated carbocycles. The number of rotatable bonds is 5. The van der Waals surface area contributed by atoms with Gasteiger partial charge in [-0.15, -0.1) is 11.3 Å². The number of amides is 1. The fourth-order valence-electron chi connectivity index (χ4n) is 4.49. The number of hydrogen-bond donors (Lipinski definition) is 0. The van der Waals surface area contributed by atoms with E-state index in [1.54, 1.807) is 21.3 Å². The van der Waals surface area contributed by atoms with Crippen molar-refractivity contribution < 1.29 is 21.6 Å². The minimum atomic E-state index is -3.46. The van der Waals surface area contributed by atoms with Crippen LogP contribution in [-0.4, -0.2) is 93.7 Å². The molecular weight excluding hydrogens is 446 g/mol. The molecule has 11 heteroatoms. The highest BCUT2D eigenvalue weighted by atomic mass is 32.2. The van der Waals surface area contributed by atoms with Crippen molar-refractivity contribution in [3.63, 3.8) is 0 Å². The molecule has 0 radical (unpaired) electrons. The number of sulfone groups is 1. The maximum absolute atomic E-state index is 12.8.